The highest BCUT2D eigenvalue weighted by molar-refractivity contribution is 5.45. The highest BCUT2D eigenvalue weighted by Gasteiger charge is 2.23. The number of nitrogens with zero attached hydrogens (tertiary/aromatic N) is 1. The summed E-state index contributed by atoms with van der Waals surface area (Å²) in [7, 11) is 0. The minimum atomic E-state index is -0.335. The van der Waals surface area contributed by atoms with Crippen molar-refractivity contribution in [2.75, 3.05) is 11.9 Å². The van der Waals surface area contributed by atoms with Crippen molar-refractivity contribution in [3.8, 4) is 5.75 Å². The molecule has 1 aromatic heterocycles. The lowest BCUT2D eigenvalue weighted by Crippen LogP contribution is -2.12. The van der Waals surface area contributed by atoms with Gasteiger partial charge in [0.05, 0.1) is 12.2 Å². The number of anilines is 1. The van der Waals surface area contributed by atoms with Crippen molar-refractivity contribution < 1.29 is 9.13 Å². The van der Waals surface area contributed by atoms with Gasteiger partial charge in [0.2, 0.25) is 0 Å². The maximum atomic E-state index is 12.7. The zero-order valence-corrected chi connectivity index (χ0v) is 9.06. The van der Waals surface area contributed by atoms with Crippen molar-refractivity contribution in [2.45, 2.75) is 6.04 Å². The lowest BCUT2D eigenvalue weighted by atomic mass is 10.1. The summed E-state index contributed by atoms with van der Waals surface area (Å²) in [6.07, 6.45) is 1.20. The molecule has 0 saturated heterocycles. The average Bonchev–Trinajstić information content (AvgIpc) is 2.76. The summed E-state index contributed by atoms with van der Waals surface area (Å²) in [6, 6.07) is 11.0. The standard InChI is InChI=1S/C13H11FN2O/c14-9-5-6-13(15-7-9)16-11-8-17-12-4-2-1-3-10(11)12/h1-7,11H,8H2,(H,15,16). The number of hydrogen-bond donors (Lipinski definition) is 1. The van der Waals surface area contributed by atoms with Crippen LogP contribution in [0.25, 0.3) is 0 Å². The maximum absolute atomic E-state index is 12.7. The molecule has 4 heteroatoms. The molecule has 17 heavy (non-hydrogen) atoms. The third-order valence-electron chi connectivity index (χ3n) is 2.75. The number of para-hydroxylation sites is 1. The second-order valence-corrected chi connectivity index (χ2v) is 3.91. The molecule has 2 aromatic rings. The number of halogens is 1. The van der Waals surface area contributed by atoms with Crippen molar-refractivity contribution in [3.63, 3.8) is 0 Å². The van der Waals surface area contributed by atoms with Gasteiger partial charge in [0.1, 0.15) is 24.0 Å². The molecule has 0 saturated carbocycles. The Morgan fingerprint density at radius 3 is 2.94 bits per heavy atom. The van der Waals surface area contributed by atoms with Crippen molar-refractivity contribution in [1.29, 1.82) is 0 Å². The monoisotopic (exact) mass is 230 g/mol. The van der Waals surface area contributed by atoms with Gasteiger partial charge in [-0.25, -0.2) is 9.37 Å². The van der Waals surface area contributed by atoms with Crippen LogP contribution in [0.3, 0.4) is 0 Å². The first kappa shape index (κ1) is 10.1. The predicted molar refractivity (Wildman–Crippen MR) is 62.5 cm³/mol. The lowest BCUT2D eigenvalue weighted by molar-refractivity contribution is 0.339. The number of pyridine rings is 1. The minimum absolute atomic E-state index is 0.0733. The van der Waals surface area contributed by atoms with Gasteiger partial charge in [-0.3, -0.25) is 0 Å². The molecule has 0 radical (unpaired) electrons. The molecule has 1 aliphatic heterocycles. The number of rotatable bonds is 2. The van der Waals surface area contributed by atoms with Gasteiger partial charge in [0, 0.05) is 5.56 Å². The molecular formula is C13H11FN2O. The Balaban J connectivity index is 1.81. The highest BCUT2D eigenvalue weighted by atomic mass is 19.1. The van der Waals surface area contributed by atoms with Gasteiger partial charge in [-0.05, 0) is 18.2 Å². The van der Waals surface area contributed by atoms with Crippen LogP contribution in [-0.4, -0.2) is 11.6 Å². The van der Waals surface area contributed by atoms with Gasteiger partial charge in [-0.15, -0.1) is 0 Å². The first-order chi connectivity index (χ1) is 8.33. The fraction of sp³-hybridized carbons (Fsp3) is 0.154. The van der Waals surface area contributed by atoms with E-state index in [2.05, 4.69) is 10.3 Å². The lowest BCUT2D eigenvalue weighted by Gasteiger charge is -2.11. The third-order valence-corrected chi connectivity index (χ3v) is 2.75. The van der Waals surface area contributed by atoms with E-state index in [0.717, 1.165) is 11.3 Å². The largest absolute Gasteiger partial charge is 0.491 e. The van der Waals surface area contributed by atoms with E-state index in [4.69, 9.17) is 4.74 Å². The Labute approximate surface area is 98.3 Å². The molecule has 3 nitrogen and oxygen atoms in total. The maximum Gasteiger partial charge on any atom is 0.141 e. The molecule has 1 unspecified atom stereocenters. The van der Waals surface area contributed by atoms with Gasteiger partial charge >= 0.3 is 0 Å². The van der Waals surface area contributed by atoms with Gasteiger partial charge in [-0.2, -0.15) is 0 Å². The van der Waals surface area contributed by atoms with Crippen LogP contribution in [0, 0.1) is 5.82 Å². The second-order valence-electron chi connectivity index (χ2n) is 3.91. The van der Waals surface area contributed by atoms with Gasteiger partial charge in [-0.1, -0.05) is 18.2 Å². The summed E-state index contributed by atoms with van der Waals surface area (Å²) in [5.41, 5.74) is 1.11. The van der Waals surface area contributed by atoms with Crippen LogP contribution in [0.1, 0.15) is 11.6 Å². The van der Waals surface area contributed by atoms with E-state index in [0.29, 0.717) is 12.4 Å². The molecule has 3 rings (SSSR count). The molecule has 0 fully saturated rings. The molecule has 0 bridgehead atoms. The number of ether oxygens (including phenoxy) is 1. The zero-order valence-electron chi connectivity index (χ0n) is 9.06. The van der Waals surface area contributed by atoms with Crippen LogP contribution in [0.4, 0.5) is 10.2 Å². The SMILES string of the molecule is Fc1ccc(NC2COc3ccccc32)nc1. The predicted octanol–water partition coefficient (Wildman–Crippen LogP) is 2.77. The van der Waals surface area contributed by atoms with Crippen LogP contribution < -0.4 is 10.1 Å². The van der Waals surface area contributed by atoms with Gasteiger partial charge in [0.15, 0.2) is 0 Å². The van der Waals surface area contributed by atoms with Gasteiger partial charge in [0.25, 0.3) is 0 Å². The topological polar surface area (TPSA) is 34.1 Å². The molecule has 86 valence electrons. The fourth-order valence-corrected chi connectivity index (χ4v) is 1.92. The van der Waals surface area contributed by atoms with E-state index in [-0.39, 0.29) is 11.9 Å². The smallest absolute Gasteiger partial charge is 0.141 e. The van der Waals surface area contributed by atoms with Crippen LogP contribution >= 0.6 is 0 Å². The van der Waals surface area contributed by atoms with Crippen molar-refractivity contribution in [3.05, 3.63) is 54.0 Å². The molecule has 2 heterocycles. The fourth-order valence-electron chi connectivity index (χ4n) is 1.92. The van der Waals surface area contributed by atoms with Crippen molar-refractivity contribution in [1.82, 2.24) is 4.98 Å². The molecule has 1 N–H and O–H groups in total. The quantitative estimate of drug-likeness (QED) is 0.861. The van der Waals surface area contributed by atoms with Crippen molar-refractivity contribution in [2.24, 2.45) is 0 Å². The number of fused-ring (bicyclic) bond motifs is 1. The van der Waals surface area contributed by atoms with E-state index in [1.54, 1.807) is 6.07 Å². The molecule has 0 spiro atoms. The van der Waals surface area contributed by atoms with E-state index in [9.17, 15) is 4.39 Å². The Kier molecular flexibility index (Phi) is 2.40. The van der Waals surface area contributed by atoms with Crippen molar-refractivity contribution >= 4 is 5.82 Å². The molecule has 0 amide bonds. The Bertz CT molecular complexity index is 527. The number of nitrogens with one attached hydrogen (secondary N) is 1. The Morgan fingerprint density at radius 2 is 2.12 bits per heavy atom. The number of aromatic nitrogens is 1. The molecular weight excluding hydrogens is 219 g/mol. The van der Waals surface area contributed by atoms with E-state index in [1.807, 2.05) is 24.3 Å². The minimum Gasteiger partial charge on any atom is -0.491 e. The zero-order chi connectivity index (χ0) is 11.7. The highest BCUT2D eigenvalue weighted by Crippen LogP contribution is 2.33. The summed E-state index contributed by atoms with van der Waals surface area (Å²) < 4.78 is 18.3. The average molecular weight is 230 g/mol. The second kappa shape index (κ2) is 4.05. The summed E-state index contributed by atoms with van der Waals surface area (Å²) in [5.74, 6) is 1.21. The van der Waals surface area contributed by atoms with Crippen LogP contribution in [0.15, 0.2) is 42.6 Å². The third kappa shape index (κ3) is 1.93. The summed E-state index contributed by atoms with van der Waals surface area (Å²) in [6.45, 7) is 0.568. The van der Waals surface area contributed by atoms with E-state index < -0.39 is 0 Å². The van der Waals surface area contributed by atoms with E-state index >= 15 is 0 Å². The molecule has 1 aromatic carbocycles. The van der Waals surface area contributed by atoms with E-state index in [1.165, 1.54) is 12.3 Å². The van der Waals surface area contributed by atoms with Crippen LogP contribution in [0.5, 0.6) is 5.75 Å². The molecule has 1 aliphatic rings. The number of benzene rings is 1. The molecule has 1 atom stereocenters. The number of hydrogen-bond acceptors (Lipinski definition) is 3. The summed E-state index contributed by atoms with van der Waals surface area (Å²) >= 11 is 0. The first-order valence-electron chi connectivity index (χ1n) is 5.43. The molecule has 0 aliphatic carbocycles. The summed E-state index contributed by atoms with van der Waals surface area (Å²) in [5, 5.41) is 3.22. The van der Waals surface area contributed by atoms with Gasteiger partial charge < -0.3 is 10.1 Å². The van der Waals surface area contributed by atoms with Crippen LogP contribution in [0.2, 0.25) is 0 Å². The first-order valence-corrected chi connectivity index (χ1v) is 5.43. The summed E-state index contributed by atoms with van der Waals surface area (Å²) in [4.78, 5) is 3.97. The van der Waals surface area contributed by atoms with Crippen LogP contribution in [-0.2, 0) is 0 Å². The normalized spacial score (nSPS) is 17.4. The Hall–Kier alpha value is -2.10. The Morgan fingerprint density at radius 1 is 1.24 bits per heavy atom.